The number of hydrogen-bond donors (Lipinski definition) is 1. The maximum Gasteiger partial charge on any atom is 0.223 e. The summed E-state index contributed by atoms with van der Waals surface area (Å²) >= 11 is 6.06. The summed E-state index contributed by atoms with van der Waals surface area (Å²) in [6, 6.07) is 10.2. The Morgan fingerprint density at radius 2 is 2.00 bits per heavy atom. The average Bonchev–Trinajstić information content (AvgIpc) is 2.90. The molecule has 0 atom stereocenters. The molecule has 0 aliphatic rings. The van der Waals surface area contributed by atoms with Crippen LogP contribution >= 0.6 is 11.6 Å². The van der Waals surface area contributed by atoms with E-state index in [4.69, 9.17) is 22.3 Å². The van der Waals surface area contributed by atoms with Crippen molar-refractivity contribution in [1.82, 2.24) is 24.5 Å². The molecule has 0 unspecified atom stereocenters. The number of halogens is 1. The van der Waals surface area contributed by atoms with Gasteiger partial charge in [0.15, 0.2) is 10.8 Å². The van der Waals surface area contributed by atoms with Gasteiger partial charge in [-0.3, -0.25) is 4.98 Å². The third kappa shape index (κ3) is 2.37. The summed E-state index contributed by atoms with van der Waals surface area (Å²) in [4.78, 5) is 17.1. The van der Waals surface area contributed by atoms with E-state index in [9.17, 15) is 0 Å². The van der Waals surface area contributed by atoms with Crippen molar-refractivity contribution in [2.45, 2.75) is 13.5 Å². The van der Waals surface area contributed by atoms with Crippen LogP contribution in [0.4, 0.5) is 5.95 Å². The number of nitrogens with zero attached hydrogens (tertiary/aromatic N) is 5. The minimum atomic E-state index is 0.131. The predicted molar refractivity (Wildman–Crippen MR) is 90.3 cm³/mol. The highest BCUT2D eigenvalue weighted by Gasteiger charge is 2.12. The lowest BCUT2D eigenvalue weighted by molar-refractivity contribution is 0.791. The summed E-state index contributed by atoms with van der Waals surface area (Å²) in [5, 5.41) is 1.41. The number of anilines is 1. The van der Waals surface area contributed by atoms with Gasteiger partial charge in [0.25, 0.3) is 0 Å². The van der Waals surface area contributed by atoms with Crippen molar-refractivity contribution in [2.75, 3.05) is 5.73 Å². The molecule has 4 aromatic rings. The van der Waals surface area contributed by atoms with Gasteiger partial charge in [0.1, 0.15) is 5.52 Å². The first-order chi connectivity index (χ1) is 11.1. The number of nitrogens with two attached hydrogens (primary N) is 1. The summed E-state index contributed by atoms with van der Waals surface area (Å²) in [6.45, 7) is 2.62. The van der Waals surface area contributed by atoms with Gasteiger partial charge in [-0.05, 0) is 24.6 Å². The average molecular weight is 325 g/mol. The fourth-order valence-electron chi connectivity index (χ4n) is 2.72. The van der Waals surface area contributed by atoms with E-state index in [-0.39, 0.29) is 11.1 Å². The zero-order valence-electron chi connectivity index (χ0n) is 12.4. The molecule has 114 valence electrons. The van der Waals surface area contributed by atoms with Crippen LogP contribution in [0.1, 0.15) is 11.3 Å². The monoisotopic (exact) mass is 324 g/mol. The van der Waals surface area contributed by atoms with Crippen molar-refractivity contribution >= 4 is 39.6 Å². The van der Waals surface area contributed by atoms with Gasteiger partial charge in [-0.25, -0.2) is 4.98 Å². The number of benzene rings is 1. The molecule has 0 bridgehead atoms. The molecule has 7 heteroatoms. The normalized spacial score (nSPS) is 11.4. The van der Waals surface area contributed by atoms with E-state index in [0.717, 1.165) is 16.6 Å². The molecular formula is C16H13ClN6. The summed E-state index contributed by atoms with van der Waals surface area (Å²) in [6.07, 6.45) is 1.68. The molecular weight excluding hydrogens is 312 g/mol. The van der Waals surface area contributed by atoms with Crippen molar-refractivity contribution in [1.29, 1.82) is 0 Å². The van der Waals surface area contributed by atoms with Crippen LogP contribution in [0.15, 0.2) is 36.7 Å². The van der Waals surface area contributed by atoms with E-state index in [0.29, 0.717) is 17.7 Å². The van der Waals surface area contributed by atoms with Crippen LogP contribution in [0.3, 0.4) is 0 Å². The largest absolute Gasteiger partial charge is 0.368 e. The lowest BCUT2D eigenvalue weighted by Crippen LogP contribution is -2.04. The number of imidazole rings is 1. The Bertz CT molecular complexity index is 1040. The smallest absolute Gasteiger partial charge is 0.223 e. The second kappa shape index (κ2) is 5.17. The molecule has 0 aliphatic carbocycles. The number of para-hydroxylation sites is 1. The number of aryl methyl sites for hydroxylation is 1. The fraction of sp³-hybridized carbons (Fsp3) is 0.125. The Morgan fingerprint density at radius 1 is 1.17 bits per heavy atom. The van der Waals surface area contributed by atoms with Crippen LogP contribution in [0, 0.1) is 6.92 Å². The van der Waals surface area contributed by atoms with Gasteiger partial charge >= 0.3 is 0 Å². The van der Waals surface area contributed by atoms with E-state index >= 15 is 0 Å². The van der Waals surface area contributed by atoms with Gasteiger partial charge in [0, 0.05) is 5.39 Å². The Balaban J connectivity index is 1.82. The van der Waals surface area contributed by atoms with Crippen molar-refractivity contribution < 1.29 is 0 Å². The number of fused-ring (bicyclic) bond motifs is 2. The van der Waals surface area contributed by atoms with Crippen LogP contribution in [0.25, 0.3) is 22.1 Å². The van der Waals surface area contributed by atoms with Gasteiger partial charge in [-0.2, -0.15) is 9.97 Å². The molecule has 1 aromatic carbocycles. The summed E-state index contributed by atoms with van der Waals surface area (Å²) in [5.41, 5.74) is 9.91. The SMILES string of the molecule is Cc1cc(Cn2cnc3c(Cl)nc(N)nc32)nc2ccccc12. The van der Waals surface area contributed by atoms with E-state index < -0.39 is 0 Å². The molecule has 0 fully saturated rings. The third-order valence-electron chi connectivity index (χ3n) is 3.75. The highest BCUT2D eigenvalue weighted by molar-refractivity contribution is 6.33. The van der Waals surface area contributed by atoms with Crippen molar-refractivity contribution in [3.63, 3.8) is 0 Å². The maximum absolute atomic E-state index is 6.06. The molecule has 0 radical (unpaired) electrons. The highest BCUT2D eigenvalue weighted by Crippen LogP contribution is 2.22. The first kappa shape index (κ1) is 13.9. The standard InChI is InChI=1S/C16H13ClN6/c1-9-6-10(20-12-5-3-2-4-11(9)12)7-23-8-19-13-14(17)21-16(18)22-15(13)23/h2-6,8H,7H2,1H3,(H2,18,21,22). The summed E-state index contributed by atoms with van der Waals surface area (Å²) < 4.78 is 1.87. The minimum absolute atomic E-state index is 0.131. The molecule has 2 N–H and O–H groups in total. The number of hydrogen-bond acceptors (Lipinski definition) is 5. The lowest BCUT2D eigenvalue weighted by atomic mass is 10.1. The summed E-state index contributed by atoms with van der Waals surface area (Å²) in [7, 11) is 0. The number of nitrogen functional groups attached to an aromatic ring is 1. The molecule has 6 nitrogen and oxygen atoms in total. The van der Waals surface area contributed by atoms with Gasteiger partial charge in [-0.15, -0.1) is 0 Å². The van der Waals surface area contributed by atoms with Crippen LogP contribution in [-0.4, -0.2) is 24.5 Å². The van der Waals surface area contributed by atoms with Crippen LogP contribution in [-0.2, 0) is 6.54 Å². The molecule has 0 saturated carbocycles. The van der Waals surface area contributed by atoms with Crippen LogP contribution in [0.5, 0.6) is 0 Å². The minimum Gasteiger partial charge on any atom is -0.368 e. The molecule has 0 saturated heterocycles. The first-order valence-electron chi connectivity index (χ1n) is 7.11. The third-order valence-corrected chi connectivity index (χ3v) is 4.01. The fourth-order valence-corrected chi connectivity index (χ4v) is 2.94. The van der Waals surface area contributed by atoms with Crippen LogP contribution < -0.4 is 5.73 Å². The van der Waals surface area contributed by atoms with Crippen molar-refractivity contribution in [2.24, 2.45) is 0 Å². The predicted octanol–water partition coefficient (Wildman–Crippen LogP) is 2.97. The Hall–Kier alpha value is -2.73. The quantitative estimate of drug-likeness (QED) is 0.573. The second-order valence-corrected chi connectivity index (χ2v) is 5.72. The van der Waals surface area contributed by atoms with Crippen molar-refractivity contribution in [3.05, 3.63) is 53.1 Å². The lowest BCUT2D eigenvalue weighted by Gasteiger charge is -2.08. The first-order valence-corrected chi connectivity index (χ1v) is 7.49. The molecule has 3 aromatic heterocycles. The molecule has 3 heterocycles. The van der Waals surface area contributed by atoms with E-state index in [2.05, 4.69) is 34.0 Å². The van der Waals surface area contributed by atoms with E-state index in [1.165, 1.54) is 5.56 Å². The maximum atomic E-state index is 6.06. The highest BCUT2D eigenvalue weighted by atomic mass is 35.5. The Morgan fingerprint density at radius 3 is 2.87 bits per heavy atom. The van der Waals surface area contributed by atoms with Crippen molar-refractivity contribution in [3.8, 4) is 0 Å². The van der Waals surface area contributed by atoms with Gasteiger partial charge < -0.3 is 10.3 Å². The van der Waals surface area contributed by atoms with Crippen LogP contribution in [0.2, 0.25) is 5.15 Å². The van der Waals surface area contributed by atoms with E-state index in [1.807, 2.05) is 22.8 Å². The molecule has 23 heavy (non-hydrogen) atoms. The number of aromatic nitrogens is 5. The number of pyridine rings is 1. The topological polar surface area (TPSA) is 82.5 Å². The molecule has 0 amide bonds. The van der Waals surface area contributed by atoms with Gasteiger partial charge in [0.05, 0.1) is 24.1 Å². The zero-order valence-corrected chi connectivity index (χ0v) is 13.1. The summed E-state index contributed by atoms with van der Waals surface area (Å²) in [5.74, 6) is 0.131. The molecule has 4 rings (SSSR count). The zero-order chi connectivity index (χ0) is 16.0. The van der Waals surface area contributed by atoms with Gasteiger partial charge in [0.2, 0.25) is 5.95 Å². The number of rotatable bonds is 2. The van der Waals surface area contributed by atoms with Gasteiger partial charge in [-0.1, -0.05) is 29.8 Å². The Kier molecular flexibility index (Phi) is 3.12. The Labute approximate surface area is 137 Å². The molecule has 0 aliphatic heterocycles. The van der Waals surface area contributed by atoms with E-state index in [1.54, 1.807) is 6.33 Å². The molecule has 0 spiro atoms. The second-order valence-electron chi connectivity index (χ2n) is 5.36.